The third-order valence-electron chi connectivity index (χ3n) is 7.53. The minimum absolute atomic E-state index is 0.181. The highest BCUT2D eigenvalue weighted by atomic mass is 16.5. The molecule has 0 bridgehead atoms. The fourth-order valence-electron chi connectivity index (χ4n) is 5.61. The Morgan fingerprint density at radius 2 is 0.795 bits per heavy atom. The van der Waals surface area contributed by atoms with E-state index in [1.54, 1.807) is 7.11 Å². The summed E-state index contributed by atoms with van der Waals surface area (Å²) in [6.07, 6.45) is 1.48. The Morgan fingerprint density at radius 1 is 0.462 bits per heavy atom. The predicted molar refractivity (Wildman–Crippen MR) is 156 cm³/mol. The van der Waals surface area contributed by atoms with Gasteiger partial charge in [0, 0.05) is 24.8 Å². The summed E-state index contributed by atoms with van der Waals surface area (Å²) in [7, 11) is 1.62. The van der Waals surface area contributed by atoms with Gasteiger partial charge in [-0.25, -0.2) is 0 Å². The van der Waals surface area contributed by atoms with Crippen molar-refractivity contribution in [2.45, 2.75) is 60.8 Å². The zero-order valence-corrected chi connectivity index (χ0v) is 23.9. The van der Waals surface area contributed by atoms with Crippen molar-refractivity contribution in [2.24, 2.45) is 0 Å². The molecule has 0 spiro atoms. The standard InChI is InChI=1S/C34H38O5/c1-18-8-24(9-19(2)30(18)35)14-27-17-28(15-25-10-20(3)31(36)21(4)11-25)34(39-7)29(33(27)38)16-26-12-22(5)32(37)23(6)13-26/h8-13,17,35-38H,14-16H2,1-7H3. The fourth-order valence-corrected chi connectivity index (χ4v) is 5.61. The molecule has 39 heavy (non-hydrogen) atoms. The van der Waals surface area contributed by atoms with Crippen molar-refractivity contribution >= 4 is 0 Å². The summed E-state index contributed by atoms with van der Waals surface area (Å²) in [6.45, 7) is 11.3. The predicted octanol–water partition coefficient (Wildman–Crippen LogP) is 7.14. The Bertz CT molecular complexity index is 1500. The van der Waals surface area contributed by atoms with E-state index in [0.717, 1.165) is 61.2 Å². The van der Waals surface area contributed by atoms with E-state index in [4.69, 9.17) is 4.74 Å². The van der Waals surface area contributed by atoms with Gasteiger partial charge in [-0.2, -0.15) is 0 Å². The van der Waals surface area contributed by atoms with Crippen molar-refractivity contribution in [1.82, 2.24) is 0 Å². The Balaban J connectivity index is 1.88. The number of hydrogen-bond donors (Lipinski definition) is 4. The third kappa shape index (κ3) is 5.68. The molecule has 0 aliphatic carbocycles. The first-order valence-electron chi connectivity index (χ1n) is 13.2. The average Bonchev–Trinajstić information content (AvgIpc) is 2.87. The van der Waals surface area contributed by atoms with Crippen LogP contribution in [0.2, 0.25) is 0 Å². The van der Waals surface area contributed by atoms with Gasteiger partial charge in [0.15, 0.2) is 0 Å². The Kier molecular flexibility index (Phi) is 7.82. The van der Waals surface area contributed by atoms with Crippen molar-refractivity contribution in [3.63, 3.8) is 0 Å². The van der Waals surface area contributed by atoms with Gasteiger partial charge in [0.25, 0.3) is 0 Å². The van der Waals surface area contributed by atoms with Crippen molar-refractivity contribution < 1.29 is 25.2 Å². The summed E-state index contributed by atoms with van der Waals surface area (Å²) < 4.78 is 5.94. The molecule has 0 saturated carbocycles. The first-order chi connectivity index (χ1) is 18.4. The lowest BCUT2D eigenvalue weighted by Gasteiger charge is -2.20. The van der Waals surface area contributed by atoms with Crippen LogP contribution in [-0.4, -0.2) is 27.5 Å². The van der Waals surface area contributed by atoms with Gasteiger partial charge in [0.1, 0.15) is 28.7 Å². The van der Waals surface area contributed by atoms with Crippen LogP contribution in [0.1, 0.15) is 66.8 Å². The lowest BCUT2D eigenvalue weighted by molar-refractivity contribution is 0.395. The van der Waals surface area contributed by atoms with E-state index in [0.29, 0.717) is 36.3 Å². The molecule has 0 atom stereocenters. The first-order valence-corrected chi connectivity index (χ1v) is 13.2. The number of rotatable bonds is 7. The van der Waals surface area contributed by atoms with Crippen LogP contribution in [0.3, 0.4) is 0 Å². The monoisotopic (exact) mass is 526 g/mol. The van der Waals surface area contributed by atoms with Gasteiger partial charge in [0.05, 0.1) is 7.11 Å². The number of ether oxygens (including phenoxy) is 1. The van der Waals surface area contributed by atoms with Crippen LogP contribution in [0.4, 0.5) is 0 Å². The lowest BCUT2D eigenvalue weighted by atomic mass is 9.89. The summed E-state index contributed by atoms with van der Waals surface area (Å²) in [5, 5.41) is 42.4. The van der Waals surface area contributed by atoms with E-state index >= 15 is 0 Å². The molecular weight excluding hydrogens is 488 g/mol. The molecule has 5 nitrogen and oxygen atoms in total. The number of hydrogen-bond acceptors (Lipinski definition) is 5. The van der Waals surface area contributed by atoms with Crippen LogP contribution in [0.5, 0.6) is 28.7 Å². The van der Waals surface area contributed by atoms with Crippen LogP contribution in [-0.2, 0) is 19.3 Å². The van der Waals surface area contributed by atoms with Crippen LogP contribution >= 0.6 is 0 Å². The van der Waals surface area contributed by atoms with Crippen LogP contribution in [0, 0.1) is 41.5 Å². The van der Waals surface area contributed by atoms with Crippen LogP contribution in [0.25, 0.3) is 0 Å². The van der Waals surface area contributed by atoms with E-state index < -0.39 is 0 Å². The zero-order valence-electron chi connectivity index (χ0n) is 23.9. The molecule has 4 rings (SSSR count). The van der Waals surface area contributed by atoms with Crippen molar-refractivity contribution in [3.05, 3.63) is 109 Å². The molecule has 0 heterocycles. The first kappa shape index (κ1) is 27.9. The van der Waals surface area contributed by atoms with Gasteiger partial charge in [0.2, 0.25) is 0 Å². The molecule has 0 unspecified atom stereocenters. The second-order valence-electron chi connectivity index (χ2n) is 10.8. The minimum atomic E-state index is 0.181. The number of phenols is 4. The van der Waals surface area contributed by atoms with Crippen molar-refractivity contribution in [2.75, 3.05) is 7.11 Å². The Labute approximate surface area is 231 Å². The number of aryl methyl sites for hydroxylation is 6. The molecule has 0 saturated heterocycles. The largest absolute Gasteiger partial charge is 0.507 e. The number of benzene rings is 4. The lowest BCUT2D eigenvalue weighted by Crippen LogP contribution is -2.05. The maximum Gasteiger partial charge on any atom is 0.129 e. The smallest absolute Gasteiger partial charge is 0.129 e. The summed E-state index contributed by atoms with van der Waals surface area (Å²) in [4.78, 5) is 0. The molecular formula is C34H38O5. The van der Waals surface area contributed by atoms with E-state index in [2.05, 4.69) is 0 Å². The molecule has 204 valence electrons. The highest BCUT2D eigenvalue weighted by molar-refractivity contribution is 5.59. The summed E-state index contributed by atoms with van der Waals surface area (Å²) in [5.74, 6) is 1.67. The van der Waals surface area contributed by atoms with Gasteiger partial charge in [-0.15, -0.1) is 0 Å². The second kappa shape index (κ2) is 10.9. The van der Waals surface area contributed by atoms with Gasteiger partial charge in [-0.05, 0) is 109 Å². The topological polar surface area (TPSA) is 90.2 Å². The van der Waals surface area contributed by atoms with Crippen molar-refractivity contribution in [1.29, 1.82) is 0 Å². The maximum absolute atomic E-state index is 11.6. The normalized spacial score (nSPS) is 11.2. The molecule has 0 aromatic heterocycles. The molecule has 5 heteroatoms. The average molecular weight is 527 g/mol. The Hall–Kier alpha value is -4.12. The molecule has 4 N–H and O–H groups in total. The highest BCUT2D eigenvalue weighted by Crippen LogP contribution is 2.40. The summed E-state index contributed by atoms with van der Waals surface area (Å²) in [5.41, 5.74) is 10.2. The second-order valence-corrected chi connectivity index (χ2v) is 10.8. The molecule has 0 radical (unpaired) electrons. The fraction of sp³-hybridized carbons (Fsp3) is 0.294. The number of methoxy groups -OCH3 is 1. The summed E-state index contributed by atoms with van der Waals surface area (Å²) >= 11 is 0. The highest BCUT2D eigenvalue weighted by Gasteiger charge is 2.21. The molecule has 0 fully saturated rings. The molecule has 0 aliphatic heterocycles. The molecule has 0 amide bonds. The van der Waals surface area contributed by atoms with Crippen LogP contribution in [0.15, 0.2) is 42.5 Å². The van der Waals surface area contributed by atoms with E-state index in [1.807, 2.05) is 84.0 Å². The van der Waals surface area contributed by atoms with Crippen molar-refractivity contribution in [3.8, 4) is 28.7 Å². The third-order valence-corrected chi connectivity index (χ3v) is 7.53. The quantitative estimate of drug-likeness (QED) is 0.205. The van der Waals surface area contributed by atoms with Gasteiger partial charge >= 0.3 is 0 Å². The SMILES string of the molecule is COc1c(Cc2cc(C)c(O)c(C)c2)cc(Cc2cc(C)c(O)c(C)c2)c(O)c1Cc1cc(C)c(O)c(C)c1. The zero-order chi connectivity index (χ0) is 28.6. The Morgan fingerprint density at radius 3 is 1.15 bits per heavy atom. The minimum Gasteiger partial charge on any atom is -0.507 e. The molecule has 4 aromatic rings. The number of phenolic OH excluding ortho intramolecular Hbond substituents is 4. The van der Waals surface area contributed by atoms with E-state index in [1.165, 1.54) is 0 Å². The maximum atomic E-state index is 11.6. The summed E-state index contributed by atoms with van der Waals surface area (Å²) in [6, 6.07) is 13.7. The van der Waals surface area contributed by atoms with Gasteiger partial charge in [-0.3, -0.25) is 0 Å². The molecule has 0 aliphatic rings. The number of aromatic hydroxyl groups is 4. The van der Waals surface area contributed by atoms with Crippen LogP contribution < -0.4 is 4.74 Å². The van der Waals surface area contributed by atoms with E-state index in [-0.39, 0.29) is 17.2 Å². The van der Waals surface area contributed by atoms with Gasteiger partial charge in [-0.1, -0.05) is 36.4 Å². The van der Waals surface area contributed by atoms with E-state index in [9.17, 15) is 20.4 Å². The molecule has 4 aromatic carbocycles. The van der Waals surface area contributed by atoms with Gasteiger partial charge < -0.3 is 25.2 Å².